The lowest BCUT2D eigenvalue weighted by Crippen LogP contribution is -2.46. The first-order valence-corrected chi connectivity index (χ1v) is 9.02. The molecule has 0 saturated heterocycles. The maximum atomic E-state index is 13.1. The maximum absolute atomic E-state index is 13.1. The molecular weight excluding hydrogens is 327 g/mol. The Morgan fingerprint density at radius 1 is 1.45 bits per heavy atom. The predicted octanol–water partition coefficient (Wildman–Crippen LogP) is 2.82. The zero-order valence-corrected chi connectivity index (χ0v) is 14.8. The van der Waals surface area contributed by atoms with Crippen molar-refractivity contribution in [1.29, 1.82) is 0 Å². The molecule has 1 aromatic carbocycles. The second-order valence-electron chi connectivity index (χ2n) is 5.98. The molecule has 2 atom stereocenters. The lowest BCUT2D eigenvalue weighted by Gasteiger charge is -2.27. The number of rotatable bonds is 6. The molecule has 2 amide bonds. The van der Waals surface area contributed by atoms with E-state index in [1.54, 1.807) is 19.2 Å². The van der Waals surface area contributed by atoms with Gasteiger partial charge in [-0.1, -0.05) is 31.5 Å². The highest BCUT2D eigenvalue weighted by molar-refractivity contribution is 7.84. The van der Waals surface area contributed by atoms with Crippen molar-refractivity contribution in [2.24, 2.45) is 0 Å². The summed E-state index contributed by atoms with van der Waals surface area (Å²) in [5.41, 5.74) is 0.317. The molecule has 0 spiro atoms. The molecule has 0 aliphatic rings. The van der Waals surface area contributed by atoms with E-state index in [4.69, 9.17) is 11.6 Å². The number of nitrogens with one attached hydrogen (secondary N) is 2. The highest BCUT2D eigenvalue weighted by Gasteiger charge is 2.24. The van der Waals surface area contributed by atoms with Crippen LogP contribution >= 0.6 is 11.6 Å². The van der Waals surface area contributed by atoms with E-state index in [1.807, 2.05) is 13.8 Å². The number of hydrogen-bond donors (Lipinski definition) is 2. The Bertz CT molecular complexity index is 566. The quantitative estimate of drug-likeness (QED) is 0.830. The van der Waals surface area contributed by atoms with Crippen LogP contribution in [0, 0.1) is 5.82 Å². The fraction of sp³-hybridized carbons (Fsp3) is 0.533. The standard InChI is InChI=1S/C15H22ClFN2O2S/c1-10(8-22(4)21)19-14(20)18-9-15(2,3)12-6-5-11(17)7-13(12)16/h5-7,10H,8-9H2,1-4H3,(H2,18,19,20)/t10-,22+/m1/s1. The predicted molar refractivity (Wildman–Crippen MR) is 89.4 cm³/mol. The molecule has 22 heavy (non-hydrogen) atoms. The molecule has 0 unspecified atom stereocenters. The fourth-order valence-electron chi connectivity index (χ4n) is 2.10. The van der Waals surface area contributed by atoms with Gasteiger partial charge in [0.25, 0.3) is 0 Å². The van der Waals surface area contributed by atoms with Gasteiger partial charge in [-0.3, -0.25) is 4.21 Å². The van der Waals surface area contributed by atoms with Gasteiger partial charge in [0.2, 0.25) is 0 Å². The minimum atomic E-state index is -0.964. The number of carbonyl (C=O) groups excluding carboxylic acids is 1. The van der Waals surface area contributed by atoms with Gasteiger partial charge in [-0.25, -0.2) is 9.18 Å². The third-order valence-electron chi connectivity index (χ3n) is 3.21. The van der Waals surface area contributed by atoms with Gasteiger partial charge < -0.3 is 10.6 Å². The van der Waals surface area contributed by atoms with Gasteiger partial charge in [0.05, 0.1) is 0 Å². The average molecular weight is 349 g/mol. The van der Waals surface area contributed by atoms with Crippen molar-refractivity contribution >= 4 is 28.4 Å². The Labute approximate surface area is 138 Å². The van der Waals surface area contributed by atoms with Crippen LogP contribution in [-0.4, -0.2) is 34.8 Å². The number of carbonyl (C=O) groups is 1. The Kier molecular flexibility index (Phi) is 6.81. The summed E-state index contributed by atoms with van der Waals surface area (Å²) < 4.78 is 24.2. The summed E-state index contributed by atoms with van der Waals surface area (Å²) in [5.74, 6) is 0.0114. The van der Waals surface area contributed by atoms with E-state index >= 15 is 0 Å². The van der Waals surface area contributed by atoms with Crippen molar-refractivity contribution < 1.29 is 13.4 Å². The number of urea groups is 1. The molecule has 0 aliphatic carbocycles. The molecule has 0 bridgehead atoms. The van der Waals surface area contributed by atoms with Crippen molar-refractivity contribution in [2.75, 3.05) is 18.6 Å². The van der Waals surface area contributed by atoms with Crippen LogP contribution in [0.5, 0.6) is 0 Å². The van der Waals surface area contributed by atoms with Gasteiger partial charge >= 0.3 is 6.03 Å². The van der Waals surface area contributed by atoms with E-state index in [1.165, 1.54) is 12.1 Å². The van der Waals surface area contributed by atoms with Gasteiger partial charge in [-0.15, -0.1) is 0 Å². The van der Waals surface area contributed by atoms with E-state index in [-0.39, 0.29) is 12.1 Å². The number of amides is 2. The summed E-state index contributed by atoms with van der Waals surface area (Å²) in [7, 11) is -0.964. The average Bonchev–Trinajstić information content (AvgIpc) is 2.34. The molecule has 0 aromatic heterocycles. The second-order valence-corrected chi connectivity index (χ2v) is 7.86. The minimum Gasteiger partial charge on any atom is -0.337 e. The highest BCUT2D eigenvalue weighted by atomic mass is 35.5. The topological polar surface area (TPSA) is 58.2 Å². The van der Waals surface area contributed by atoms with Crippen LogP contribution in [0.2, 0.25) is 5.02 Å². The third kappa shape index (κ3) is 5.93. The molecule has 0 heterocycles. The molecule has 7 heteroatoms. The number of benzene rings is 1. The summed E-state index contributed by atoms with van der Waals surface area (Å²) in [4.78, 5) is 11.8. The monoisotopic (exact) mass is 348 g/mol. The number of hydrogen-bond acceptors (Lipinski definition) is 2. The minimum absolute atomic E-state index is 0.177. The SMILES string of the molecule is C[C@H](C[S@](C)=O)NC(=O)NCC(C)(C)c1ccc(F)cc1Cl. The normalized spacial score (nSPS) is 14.3. The van der Waals surface area contributed by atoms with E-state index in [2.05, 4.69) is 10.6 Å². The van der Waals surface area contributed by atoms with E-state index in [0.29, 0.717) is 17.3 Å². The van der Waals surface area contributed by atoms with E-state index in [9.17, 15) is 13.4 Å². The highest BCUT2D eigenvalue weighted by Crippen LogP contribution is 2.29. The van der Waals surface area contributed by atoms with Gasteiger partial charge in [-0.2, -0.15) is 0 Å². The van der Waals surface area contributed by atoms with E-state index < -0.39 is 22.0 Å². The summed E-state index contributed by atoms with van der Waals surface area (Å²) >= 11 is 6.07. The van der Waals surface area contributed by atoms with Gasteiger partial charge in [0.1, 0.15) is 5.82 Å². The Morgan fingerprint density at radius 3 is 2.64 bits per heavy atom. The summed E-state index contributed by atoms with van der Waals surface area (Å²) in [5, 5.41) is 5.82. The van der Waals surface area contributed by atoms with Crippen molar-refractivity contribution in [2.45, 2.75) is 32.2 Å². The van der Waals surface area contributed by atoms with Crippen LogP contribution in [0.1, 0.15) is 26.3 Å². The molecular formula is C15H22ClFN2O2S. The van der Waals surface area contributed by atoms with Crippen molar-refractivity contribution in [1.82, 2.24) is 10.6 Å². The molecule has 0 saturated carbocycles. The van der Waals surface area contributed by atoms with Crippen molar-refractivity contribution in [3.8, 4) is 0 Å². The van der Waals surface area contributed by atoms with Gasteiger partial charge in [0, 0.05) is 45.8 Å². The van der Waals surface area contributed by atoms with Crippen molar-refractivity contribution in [3.63, 3.8) is 0 Å². The van der Waals surface area contributed by atoms with Crippen LogP contribution in [0.3, 0.4) is 0 Å². The molecule has 1 aromatic rings. The zero-order valence-electron chi connectivity index (χ0n) is 13.2. The number of halogens is 2. The first kappa shape index (κ1) is 18.9. The third-order valence-corrected chi connectivity index (χ3v) is 4.50. The molecule has 1 rings (SSSR count). The molecule has 4 nitrogen and oxygen atoms in total. The lowest BCUT2D eigenvalue weighted by molar-refractivity contribution is 0.236. The smallest absolute Gasteiger partial charge is 0.315 e. The zero-order chi connectivity index (χ0) is 16.9. The lowest BCUT2D eigenvalue weighted by atomic mass is 9.84. The van der Waals surface area contributed by atoms with Crippen molar-refractivity contribution in [3.05, 3.63) is 34.6 Å². The molecule has 0 fully saturated rings. The maximum Gasteiger partial charge on any atom is 0.315 e. The first-order chi connectivity index (χ1) is 10.1. The van der Waals surface area contributed by atoms with Crippen LogP contribution in [0.25, 0.3) is 0 Å². The Morgan fingerprint density at radius 2 is 2.09 bits per heavy atom. The molecule has 2 N–H and O–H groups in total. The largest absolute Gasteiger partial charge is 0.337 e. The van der Waals surface area contributed by atoms with Crippen LogP contribution in [-0.2, 0) is 16.2 Å². The fourth-order valence-corrected chi connectivity index (χ4v) is 3.31. The van der Waals surface area contributed by atoms with Crippen LogP contribution in [0.4, 0.5) is 9.18 Å². The molecule has 0 radical (unpaired) electrons. The summed E-state index contributed by atoms with van der Waals surface area (Å²) in [6.07, 6.45) is 1.59. The first-order valence-electron chi connectivity index (χ1n) is 6.92. The van der Waals surface area contributed by atoms with Gasteiger partial charge in [0.15, 0.2) is 0 Å². The van der Waals surface area contributed by atoms with Crippen LogP contribution in [0.15, 0.2) is 18.2 Å². The Balaban J connectivity index is 2.61. The molecule has 124 valence electrons. The van der Waals surface area contributed by atoms with Crippen LogP contribution < -0.4 is 10.6 Å². The Hall–Kier alpha value is -1.14. The summed E-state index contributed by atoms with van der Waals surface area (Å²) in [6, 6.07) is 3.73. The molecule has 0 aliphatic heterocycles. The second kappa shape index (κ2) is 7.92. The van der Waals surface area contributed by atoms with E-state index in [0.717, 1.165) is 5.56 Å². The van der Waals surface area contributed by atoms with Gasteiger partial charge in [-0.05, 0) is 24.6 Å². The summed E-state index contributed by atoms with van der Waals surface area (Å²) in [6.45, 7) is 5.96.